The van der Waals surface area contributed by atoms with Gasteiger partial charge in [-0.3, -0.25) is 4.79 Å². The van der Waals surface area contributed by atoms with Gasteiger partial charge in [-0.25, -0.2) is 9.67 Å². The van der Waals surface area contributed by atoms with E-state index in [0.717, 1.165) is 23.6 Å². The fourth-order valence-corrected chi connectivity index (χ4v) is 3.23. The highest BCUT2D eigenvalue weighted by atomic mass is 19.4. The molecule has 0 amide bonds. The Kier molecular flexibility index (Phi) is 4.24. The maximum Gasteiger partial charge on any atom is 0.417 e. The molecule has 2 heterocycles. The maximum atomic E-state index is 13.9. The molecule has 1 N–H and O–H groups in total. The quantitative estimate of drug-likeness (QED) is 0.709. The predicted octanol–water partition coefficient (Wildman–Crippen LogP) is 4.09. The topological polar surface area (TPSA) is 77.2 Å². The first-order valence-electron chi connectivity index (χ1n) is 8.63. The molecule has 1 saturated carbocycles. The predicted molar refractivity (Wildman–Crippen MR) is 94.1 cm³/mol. The molecule has 3 aromatic rings. The molecule has 2 aromatic heterocycles. The highest BCUT2D eigenvalue weighted by Gasteiger charge is 2.39. The van der Waals surface area contributed by atoms with Gasteiger partial charge in [0.25, 0.3) is 0 Å². The van der Waals surface area contributed by atoms with Crippen molar-refractivity contribution in [3.8, 4) is 17.0 Å². The minimum absolute atomic E-state index is 0.0723. The monoisotopic (exact) mass is 391 g/mol. The van der Waals surface area contributed by atoms with E-state index >= 15 is 0 Å². The molecule has 1 aliphatic rings. The Labute approximate surface area is 157 Å². The smallest absolute Gasteiger partial charge is 0.417 e. The number of rotatable bonds is 5. The lowest BCUT2D eigenvalue weighted by Gasteiger charge is -2.12. The van der Waals surface area contributed by atoms with E-state index in [4.69, 9.17) is 9.84 Å². The van der Waals surface area contributed by atoms with Gasteiger partial charge in [-0.05, 0) is 31.0 Å². The summed E-state index contributed by atoms with van der Waals surface area (Å²) in [7, 11) is 1.46. The molecule has 9 heteroatoms. The molecule has 146 valence electrons. The summed E-state index contributed by atoms with van der Waals surface area (Å²) in [5.74, 6) is -0.817. The summed E-state index contributed by atoms with van der Waals surface area (Å²) in [5.41, 5.74) is -0.144. The molecule has 1 fully saturated rings. The number of carboxylic acids is 1. The minimum atomic E-state index is -4.63. The molecule has 0 unspecified atom stereocenters. The number of benzene rings is 1. The highest BCUT2D eigenvalue weighted by Crippen LogP contribution is 2.46. The minimum Gasteiger partial charge on any atom is -0.497 e. The molecule has 6 nitrogen and oxygen atoms in total. The number of fused-ring (bicyclic) bond motifs is 1. The molecule has 0 aliphatic heterocycles. The molecule has 28 heavy (non-hydrogen) atoms. The second kappa shape index (κ2) is 6.50. The molecule has 0 bridgehead atoms. The van der Waals surface area contributed by atoms with Crippen molar-refractivity contribution in [1.29, 1.82) is 0 Å². The number of aromatic nitrogens is 3. The number of hydrogen-bond acceptors (Lipinski definition) is 4. The lowest BCUT2D eigenvalue weighted by atomic mass is 10.0. The Morgan fingerprint density at radius 1 is 1.32 bits per heavy atom. The van der Waals surface area contributed by atoms with Gasteiger partial charge in [0.1, 0.15) is 12.3 Å². The van der Waals surface area contributed by atoms with Crippen molar-refractivity contribution in [3.05, 3.63) is 41.6 Å². The Balaban J connectivity index is 2.01. The largest absolute Gasteiger partial charge is 0.497 e. The van der Waals surface area contributed by atoms with Crippen LogP contribution in [0.25, 0.3) is 22.3 Å². The van der Waals surface area contributed by atoms with Crippen LogP contribution in [0, 0.1) is 0 Å². The van der Waals surface area contributed by atoms with Crippen molar-refractivity contribution in [2.24, 2.45) is 0 Å². The van der Waals surface area contributed by atoms with Crippen LogP contribution in [0.2, 0.25) is 0 Å². The number of aliphatic carboxylic acids is 1. The van der Waals surface area contributed by atoms with E-state index < -0.39 is 24.3 Å². The zero-order chi connectivity index (χ0) is 20.1. The SMILES string of the molecule is COc1cccc(-c2cc(C(F)(F)F)c3c(C4CC4)nn(CC(=O)O)c3n2)c1. The fourth-order valence-electron chi connectivity index (χ4n) is 3.23. The van der Waals surface area contributed by atoms with Crippen molar-refractivity contribution in [2.45, 2.75) is 31.5 Å². The van der Waals surface area contributed by atoms with E-state index in [1.54, 1.807) is 24.3 Å². The van der Waals surface area contributed by atoms with Gasteiger partial charge in [0.2, 0.25) is 0 Å². The molecule has 0 radical (unpaired) electrons. The molecule has 0 saturated heterocycles. The number of nitrogens with zero attached hydrogens (tertiary/aromatic N) is 3. The lowest BCUT2D eigenvalue weighted by Crippen LogP contribution is -2.12. The number of ether oxygens (including phenoxy) is 1. The average molecular weight is 391 g/mol. The van der Waals surface area contributed by atoms with Crippen LogP contribution in [0.4, 0.5) is 13.2 Å². The van der Waals surface area contributed by atoms with Crippen molar-refractivity contribution >= 4 is 17.0 Å². The number of halogens is 3. The normalized spacial score (nSPS) is 14.4. The number of alkyl halides is 3. The van der Waals surface area contributed by atoms with Crippen molar-refractivity contribution in [3.63, 3.8) is 0 Å². The van der Waals surface area contributed by atoms with Crippen LogP contribution in [0.15, 0.2) is 30.3 Å². The third kappa shape index (κ3) is 3.28. The molecular weight excluding hydrogens is 375 g/mol. The van der Waals surface area contributed by atoms with E-state index in [-0.39, 0.29) is 28.3 Å². The van der Waals surface area contributed by atoms with Crippen LogP contribution < -0.4 is 4.74 Å². The van der Waals surface area contributed by atoms with Crippen molar-refractivity contribution < 1.29 is 27.8 Å². The van der Waals surface area contributed by atoms with Gasteiger partial charge in [-0.1, -0.05) is 12.1 Å². The summed E-state index contributed by atoms with van der Waals surface area (Å²) in [5, 5.41) is 13.2. The van der Waals surface area contributed by atoms with Gasteiger partial charge in [0.15, 0.2) is 5.65 Å². The van der Waals surface area contributed by atoms with E-state index in [0.29, 0.717) is 11.3 Å². The van der Waals surface area contributed by atoms with E-state index in [1.165, 1.54) is 7.11 Å². The first-order chi connectivity index (χ1) is 13.3. The summed E-state index contributed by atoms with van der Waals surface area (Å²) in [4.78, 5) is 15.6. The van der Waals surface area contributed by atoms with Crippen LogP contribution in [-0.2, 0) is 17.5 Å². The summed E-state index contributed by atoms with van der Waals surface area (Å²) in [6, 6.07) is 7.52. The number of methoxy groups -OCH3 is 1. The van der Waals surface area contributed by atoms with E-state index in [1.807, 2.05) is 0 Å². The molecule has 1 aromatic carbocycles. The van der Waals surface area contributed by atoms with Crippen LogP contribution in [0.5, 0.6) is 5.75 Å². The zero-order valence-corrected chi connectivity index (χ0v) is 14.8. The molecule has 1 aliphatic carbocycles. The number of pyridine rings is 1. The van der Waals surface area contributed by atoms with Crippen molar-refractivity contribution in [2.75, 3.05) is 7.11 Å². The number of carboxylic acid groups (broad SMARTS) is 1. The average Bonchev–Trinajstić information content (AvgIpc) is 3.43. The van der Waals surface area contributed by atoms with Crippen LogP contribution in [-0.4, -0.2) is 33.0 Å². The molecule has 0 atom stereocenters. The second-order valence-electron chi connectivity index (χ2n) is 6.69. The van der Waals surface area contributed by atoms with Gasteiger partial charge in [0.05, 0.1) is 29.4 Å². The van der Waals surface area contributed by atoms with Gasteiger partial charge in [-0.2, -0.15) is 18.3 Å². The summed E-state index contributed by atoms with van der Waals surface area (Å²) in [6.45, 7) is -0.560. The van der Waals surface area contributed by atoms with E-state index in [2.05, 4.69) is 10.1 Å². The summed E-state index contributed by atoms with van der Waals surface area (Å²) >= 11 is 0. The van der Waals surface area contributed by atoms with Crippen LogP contribution in [0.3, 0.4) is 0 Å². The Bertz CT molecular complexity index is 1070. The standard InChI is InChI=1S/C19H16F3N3O3/c1-28-12-4-2-3-11(7-12)14-8-13(19(20,21)22)16-17(10-5-6-10)24-25(9-15(26)27)18(16)23-14/h2-4,7-8,10H,5-6,9H2,1H3,(H,26,27). The Hall–Kier alpha value is -3.10. The lowest BCUT2D eigenvalue weighted by molar-refractivity contribution is -0.138. The van der Waals surface area contributed by atoms with Gasteiger partial charge in [0, 0.05) is 11.5 Å². The molecular formula is C19H16F3N3O3. The number of carbonyl (C=O) groups is 1. The Morgan fingerprint density at radius 2 is 2.07 bits per heavy atom. The maximum absolute atomic E-state index is 13.9. The third-order valence-electron chi connectivity index (χ3n) is 4.65. The Morgan fingerprint density at radius 3 is 2.68 bits per heavy atom. The van der Waals surface area contributed by atoms with E-state index in [9.17, 15) is 18.0 Å². The number of hydrogen-bond donors (Lipinski definition) is 1. The second-order valence-corrected chi connectivity index (χ2v) is 6.69. The van der Waals surface area contributed by atoms with Gasteiger partial charge >= 0.3 is 12.1 Å². The summed E-state index contributed by atoms with van der Waals surface area (Å²) in [6.07, 6.45) is -3.17. The fraction of sp³-hybridized carbons (Fsp3) is 0.316. The molecule has 0 spiro atoms. The first kappa shape index (κ1) is 18.3. The van der Waals surface area contributed by atoms with Crippen LogP contribution in [0.1, 0.15) is 30.0 Å². The van der Waals surface area contributed by atoms with Gasteiger partial charge < -0.3 is 9.84 Å². The highest BCUT2D eigenvalue weighted by molar-refractivity contribution is 5.87. The van der Waals surface area contributed by atoms with Crippen LogP contribution >= 0.6 is 0 Å². The molecule has 4 rings (SSSR count). The van der Waals surface area contributed by atoms with Gasteiger partial charge in [-0.15, -0.1) is 0 Å². The zero-order valence-electron chi connectivity index (χ0n) is 14.8. The van der Waals surface area contributed by atoms with Crippen molar-refractivity contribution in [1.82, 2.24) is 14.8 Å². The third-order valence-corrected chi connectivity index (χ3v) is 4.65. The summed E-state index contributed by atoms with van der Waals surface area (Å²) < 4.78 is 47.8. The first-order valence-corrected chi connectivity index (χ1v) is 8.63.